The van der Waals surface area contributed by atoms with Gasteiger partial charge in [-0.15, -0.1) is 0 Å². The van der Waals surface area contributed by atoms with E-state index in [0.717, 1.165) is 26.1 Å². The zero-order chi connectivity index (χ0) is 32.7. The molecule has 2 atom stereocenters. The van der Waals surface area contributed by atoms with E-state index in [1.165, 1.54) is 163 Å². The van der Waals surface area contributed by atoms with Gasteiger partial charge in [-0.2, -0.15) is 0 Å². The zero-order valence-electron chi connectivity index (χ0n) is 30.1. The lowest BCUT2D eigenvalue weighted by molar-refractivity contribution is -0.133. The third kappa shape index (κ3) is 37.5. The number of allylic oxidation sites excluding steroid dienone is 4. The van der Waals surface area contributed by atoms with E-state index in [-0.39, 0.29) is 0 Å². The van der Waals surface area contributed by atoms with E-state index in [9.17, 15) is 0 Å². The third-order valence-corrected chi connectivity index (χ3v) is 10.3. The summed E-state index contributed by atoms with van der Waals surface area (Å²) >= 11 is 4.98. The maximum atomic E-state index is 5.85. The Bertz CT molecular complexity index is 548. The normalized spacial score (nSPS) is 13.4. The molecule has 0 bridgehead atoms. The first-order valence-electron chi connectivity index (χ1n) is 19.5. The highest BCUT2D eigenvalue weighted by Crippen LogP contribution is 2.19. The monoisotopic (exact) mass is 858 g/mol. The molecule has 0 aromatic heterocycles. The molecule has 5 heteroatoms. The van der Waals surface area contributed by atoms with E-state index in [2.05, 4.69) is 83.3 Å². The Balaban J connectivity index is 4.12. The molecule has 2 unspecified atom stereocenters. The van der Waals surface area contributed by atoms with Crippen LogP contribution in [0.15, 0.2) is 24.3 Å². The van der Waals surface area contributed by atoms with Crippen molar-refractivity contribution >= 4 is 45.2 Å². The minimum atomic E-state index is 0.336. The SMILES string of the molecule is CCCCCCC(C=CCCCCCCCCI)CCOCOCOCCC(C=CCCCCCCCCI)CCCCCC. The first-order valence-corrected chi connectivity index (χ1v) is 22.5. The number of alkyl halides is 2. The summed E-state index contributed by atoms with van der Waals surface area (Å²) in [6.45, 7) is 6.79. The first-order chi connectivity index (χ1) is 22.3. The van der Waals surface area contributed by atoms with Gasteiger partial charge in [-0.05, 0) is 84.9 Å². The van der Waals surface area contributed by atoms with Crippen molar-refractivity contribution in [1.82, 2.24) is 0 Å². The molecule has 0 aliphatic heterocycles. The minimum Gasteiger partial charge on any atom is -0.355 e. The summed E-state index contributed by atoms with van der Waals surface area (Å²) < 4.78 is 20.0. The molecule has 0 aromatic carbocycles. The van der Waals surface area contributed by atoms with Gasteiger partial charge in [0.25, 0.3) is 0 Å². The second-order valence-electron chi connectivity index (χ2n) is 13.1. The van der Waals surface area contributed by atoms with Crippen LogP contribution < -0.4 is 0 Å². The highest BCUT2D eigenvalue weighted by Gasteiger charge is 2.07. The largest absolute Gasteiger partial charge is 0.355 e. The molecular weight excluding hydrogens is 782 g/mol. The van der Waals surface area contributed by atoms with Crippen LogP contribution in [0, 0.1) is 11.8 Å². The predicted molar refractivity (Wildman–Crippen MR) is 217 cm³/mol. The molecule has 3 nitrogen and oxygen atoms in total. The van der Waals surface area contributed by atoms with Gasteiger partial charge in [-0.3, -0.25) is 0 Å². The molecule has 0 aliphatic carbocycles. The summed E-state index contributed by atoms with van der Waals surface area (Å²) in [6, 6.07) is 0. The van der Waals surface area contributed by atoms with Gasteiger partial charge in [0.2, 0.25) is 0 Å². The molecule has 45 heavy (non-hydrogen) atoms. The molecule has 0 heterocycles. The van der Waals surface area contributed by atoms with Crippen molar-refractivity contribution in [1.29, 1.82) is 0 Å². The molecule has 268 valence electrons. The summed E-state index contributed by atoms with van der Waals surface area (Å²) in [5.74, 6) is 1.27. The number of hydrogen-bond donors (Lipinski definition) is 0. The van der Waals surface area contributed by atoms with Gasteiger partial charge in [-0.25, -0.2) is 0 Å². The lowest BCUT2D eigenvalue weighted by Crippen LogP contribution is -2.10. The highest BCUT2D eigenvalue weighted by molar-refractivity contribution is 14.1. The maximum Gasteiger partial charge on any atom is 0.149 e. The number of rotatable bonds is 38. The Kier molecular flexibility index (Phi) is 41.7. The van der Waals surface area contributed by atoms with Crippen LogP contribution in [0.4, 0.5) is 0 Å². The van der Waals surface area contributed by atoms with Gasteiger partial charge in [0, 0.05) is 13.2 Å². The smallest absolute Gasteiger partial charge is 0.149 e. The summed E-state index contributed by atoms with van der Waals surface area (Å²) in [7, 11) is 0. The molecule has 0 N–H and O–H groups in total. The quantitative estimate of drug-likeness (QED) is 0.0204. The highest BCUT2D eigenvalue weighted by atomic mass is 127. The van der Waals surface area contributed by atoms with Crippen molar-refractivity contribution in [2.24, 2.45) is 11.8 Å². The van der Waals surface area contributed by atoms with Gasteiger partial charge in [0.15, 0.2) is 0 Å². The Morgan fingerprint density at radius 3 is 1.20 bits per heavy atom. The lowest BCUT2D eigenvalue weighted by Gasteiger charge is -2.14. The maximum absolute atomic E-state index is 5.85. The van der Waals surface area contributed by atoms with Crippen molar-refractivity contribution in [3.05, 3.63) is 24.3 Å². The van der Waals surface area contributed by atoms with Gasteiger partial charge in [0.1, 0.15) is 13.6 Å². The predicted octanol–water partition coefficient (Wildman–Crippen LogP) is 14.3. The molecule has 0 rings (SSSR count). The van der Waals surface area contributed by atoms with Crippen molar-refractivity contribution in [2.45, 2.75) is 181 Å². The summed E-state index contributed by atoms with van der Waals surface area (Å²) in [4.78, 5) is 0. The molecule has 0 saturated heterocycles. The molecule has 0 radical (unpaired) electrons. The number of hydrogen-bond acceptors (Lipinski definition) is 3. The fourth-order valence-corrected chi connectivity index (χ4v) is 6.86. The molecule has 0 amide bonds. The van der Waals surface area contributed by atoms with Crippen molar-refractivity contribution in [3.63, 3.8) is 0 Å². The average Bonchev–Trinajstić information content (AvgIpc) is 3.05. The Hall–Kier alpha value is 0.820. The van der Waals surface area contributed by atoms with Crippen LogP contribution in [0.25, 0.3) is 0 Å². The van der Waals surface area contributed by atoms with E-state index < -0.39 is 0 Å². The molecule has 0 aliphatic rings. The fraction of sp³-hybridized carbons (Fsp3) is 0.900. The standard InChI is InChI=1S/C40H76I2O3/c1-3-5-7-21-27-39(29-23-17-13-9-11-15-19-25-33-41)31-35-43-37-45-38-44-36-32-40(28-22-8-6-4-2)30-24-18-14-10-12-16-20-26-34-42/h23-24,29-30,39-40H,3-22,25-28,31-38H2,1-2H3. The van der Waals surface area contributed by atoms with Crippen molar-refractivity contribution in [2.75, 3.05) is 35.7 Å². The molecule has 0 saturated carbocycles. The van der Waals surface area contributed by atoms with Gasteiger partial charge in [-0.1, -0.05) is 186 Å². The summed E-state index contributed by atoms with van der Waals surface area (Å²) in [5, 5.41) is 0. The van der Waals surface area contributed by atoms with Gasteiger partial charge < -0.3 is 14.2 Å². The second kappa shape index (κ2) is 41.0. The van der Waals surface area contributed by atoms with Crippen LogP contribution in [0.3, 0.4) is 0 Å². The van der Waals surface area contributed by atoms with E-state index in [1.54, 1.807) is 0 Å². The molecule has 0 aromatic rings. The van der Waals surface area contributed by atoms with E-state index >= 15 is 0 Å². The fourth-order valence-electron chi connectivity index (χ4n) is 5.78. The first kappa shape index (κ1) is 45.8. The summed E-state index contributed by atoms with van der Waals surface area (Å²) in [6.07, 6.45) is 44.4. The number of halogens is 2. The van der Waals surface area contributed by atoms with E-state index in [0.29, 0.717) is 25.4 Å². The van der Waals surface area contributed by atoms with Crippen LogP contribution in [0.1, 0.15) is 181 Å². The van der Waals surface area contributed by atoms with Gasteiger partial charge >= 0.3 is 0 Å². The van der Waals surface area contributed by atoms with E-state index in [4.69, 9.17) is 14.2 Å². The molecular formula is C40H76I2O3. The van der Waals surface area contributed by atoms with Crippen LogP contribution in [-0.4, -0.2) is 35.7 Å². The number of ether oxygens (including phenoxy) is 3. The van der Waals surface area contributed by atoms with Crippen LogP contribution in [0.5, 0.6) is 0 Å². The van der Waals surface area contributed by atoms with Crippen molar-refractivity contribution < 1.29 is 14.2 Å². The second-order valence-corrected chi connectivity index (χ2v) is 15.3. The third-order valence-electron chi connectivity index (χ3n) is 8.78. The Labute approximate surface area is 309 Å². The topological polar surface area (TPSA) is 27.7 Å². The van der Waals surface area contributed by atoms with Gasteiger partial charge in [0.05, 0.1) is 0 Å². The molecule has 0 fully saturated rings. The zero-order valence-corrected chi connectivity index (χ0v) is 34.4. The minimum absolute atomic E-state index is 0.336. The van der Waals surface area contributed by atoms with E-state index in [1.807, 2.05) is 0 Å². The Morgan fingerprint density at radius 1 is 0.422 bits per heavy atom. The number of unbranched alkanes of at least 4 members (excludes halogenated alkanes) is 18. The van der Waals surface area contributed by atoms with Crippen molar-refractivity contribution in [3.8, 4) is 0 Å². The molecule has 0 spiro atoms. The Morgan fingerprint density at radius 2 is 0.800 bits per heavy atom. The average molecular weight is 859 g/mol. The lowest BCUT2D eigenvalue weighted by atomic mass is 9.96. The van der Waals surface area contributed by atoms with Crippen LogP contribution in [-0.2, 0) is 14.2 Å². The van der Waals surface area contributed by atoms with Crippen LogP contribution >= 0.6 is 45.2 Å². The van der Waals surface area contributed by atoms with Crippen LogP contribution in [0.2, 0.25) is 0 Å². The summed E-state index contributed by atoms with van der Waals surface area (Å²) in [5.41, 5.74) is 0.